The number of halogens is 1. The van der Waals surface area contributed by atoms with E-state index in [4.69, 9.17) is 16.9 Å². The standard InChI is InChI=1S/C7H10ClNO/c1-3-7(2,10)6(8)4-5-9/h4,10H,3H2,1-2H3. The summed E-state index contributed by atoms with van der Waals surface area (Å²) < 4.78 is 0. The Morgan fingerprint density at radius 2 is 2.40 bits per heavy atom. The van der Waals surface area contributed by atoms with Crippen molar-refractivity contribution in [2.24, 2.45) is 0 Å². The van der Waals surface area contributed by atoms with Crippen molar-refractivity contribution in [3.63, 3.8) is 0 Å². The maximum Gasteiger partial charge on any atom is 0.0978 e. The van der Waals surface area contributed by atoms with E-state index in [0.717, 1.165) is 6.08 Å². The van der Waals surface area contributed by atoms with Gasteiger partial charge in [0.1, 0.15) is 0 Å². The molecule has 1 unspecified atom stereocenters. The van der Waals surface area contributed by atoms with Crippen LogP contribution in [0.4, 0.5) is 0 Å². The zero-order chi connectivity index (χ0) is 8.20. The Morgan fingerprint density at radius 3 is 2.70 bits per heavy atom. The van der Waals surface area contributed by atoms with Gasteiger partial charge in [-0.25, -0.2) is 0 Å². The SMILES string of the molecule is CCC(C)(O)C(Cl)=CC#N. The van der Waals surface area contributed by atoms with E-state index in [2.05, 4.69) is 0 Å². The first kappa shape index (κ1) is 9.48. The van der Waals surface area contributed by atoms with Gasteiger partial charge in [-0.15, -0.1) is 0 Å². The Hall–Kier alpha value is -0.520. The third kappa shape index (κ3) is 2.38. The summed E-state index contributed by atoms with van der Waals surface area (Å²) >= 11 is 5.56. The van der Waals surface area contributed by atoms with Gasteiger partial charge in [-0.3, -0.25) is 0 Å². The summed E-state index contributed by atoms with van der Waals surface area (Å²) in [4.78, 5) is 0. The largest absolute Gasteiger partial charge is 0.385 e. The Morgan fingerprint density at radius 1 is 1.90 bits per heavy atom. The summed E-state index contributed by atoms with van der Waals surface area (Å²) in [7, 11) is 0. The van der Waals surface area contributed by atoms with Crippen molar-refractivity contribution in [1.29, 1.82) is 5.26 Å². The molecular formula is C7H10ClNO. The molecule has 0 aromatic rings. The number of hydrogen-bond acceptors (Lipinski definition) is 2. The van der Waals surface area contributed by atoms with E-state index in [1.807, 2.05) is 0 Å². The van der Waals surface area contributed by atoms with E-state index in [9.17, 15) is 5.11 Å². The van der Waals surface area contributed by atoms with Gasteiger partial charge in [-0.05, 0) is 13.3 Å². The van der Waals surface area contributed by atoms with E-state index in [1.165, 1.54) is 0 Å². The van der Waals surface area contributed by atoms with Gasteiger partial charge in [0.15, 0.2) is 0 Å². The lowest BCUT2D eigenvalue weighted by atomic mass is 10.0. The van der Waals surface area contributed by atoms with Gasteiger partial charge < -0.3 is 5.11 Å². The molecule has 0 spiro atoms. The van der Waals surface area contributed by atoms with Crippen LogP contribution in [0.5, 0.6) is 0 Å². The molecule has 0 aromatic carbocycles. The second kappa shape index (κ2) is 3.60. The minimum Gasteiger partial charge on any atom is -0.385 e. The number of nitriles is 1. The molecule has 0 heterocycles. The van der Waals surface area contributed by atoms with Crippen LogP contribution in [-0.4, -0.2) is 10.7 Å². The Bertz CT molecular complexity index is 179. The molecule has 0 saturated carbocycles. The van der Waals surface area contributed by atoms with Crippen molar-refractivity contribution in [3.8, 4) is 6.07 Å². The van der Waals surface area contributed by atoms with Crippen LogP contribution in [0.2, 0.25) is 0 Å². The van der Waals surface area contributed by atoms with Crippen LogP contribution in [0.25, 0.3) is 0 Å². The number of aliphatic hydroxyl groups is 1. The minimum absolute atomic E-state index is 0.192. The zero-order valence-corrected chi connectivity index (χ0v) is 6.81. The first-order valence-electron chi connectivity index (χ1n) is 3.02. The van der Waals surface area contributed by atoms with Crippen LogP contribution >= 0.6 is 11.6 Å². The average molecular weight is 160 g/mol. The number of nitrogens with zero attached hydrogens (tertiary/aromatic N) is 1. The summed E-state index contributed by atoms with van der Waals surface area (Å²) in [6.07, 6.45) is 1.65. The Labute approximate surface area is 65.7 Å². The van der Waals surface area contributed by atoms with E-state index in [0.29, 0.717) is 6.42 Å². The number of rotatable bonds is 2. The van der Waals surface area contributed by atoms with E-state index < -0.39 is 5.60 Å². The van der Waals surface area contributed by atoms with Gasteiger partial charge in [0.2, 0.25) is 0 Å². The predicted octanol–water partition coefficient (Wildman–Crippen LogP) is 1.79. The van der Waals surface area contributed by atoms with Gasteiger partial charge >= 0.3 is 0 Å². The molecule has 1 N–H and O–H groups in total. The van der Waals surface area contributed by atoms with E-state index in [-0.39, 0.29) is 5.03 Å². The molecule has 0 fully saturated rings. The van der Waals surface area contributed by atoms with Crippen LogP contribution < -0.4 is 0 Å². The van der Waals surface area contributed by atoms with Crippen LogP contribution in [0.1, 0.15) is 20.3 Å². The first-order valence-corrected chi connectivity index (χ1v) is 3.40. The summed E-state index contributed by atoms with van der Waals surface area (Å²) in [5.41, 5.74) is -1.04. The summed E-state index contributed by atoms with van der Waals surface area (Å²) in [5, 5.41) is 17.7. The van der Waals surface area contributed by atoms with Gasteiger partial charge in [0.25, 0.3) is 0 Å². The molecule has 0 aliphatic carbocycles. The monoisotopic (exact) mass is 159 g/mol. The van der Waals surface area contributed by atoms with Gasteiger partial charge in [-0.2, -0.15) is 5.26 Å². The molecule has 3 heteroatoms. The van der Waals surface area contributed by atoms with Crippen molar-refractivity contribution < 1.29 is 5.11 Å². The van der Waals surface area contributed by atoms with Crippen molar-refractivity contribution in [2.45, 2.75) is 25.9 Å². The highest BCUT2D eigenvalue weighted by atomic mass is 35.5. The molecule has 0 amide bonds. The molecule has 0 aromatic heterocycles. The van der Waals surface area contributed by atoms with Gasteiger partial charge in [0.05, 0.1) is 16.7 Å². The average Bonchev–Trinajstić information content (AvgIpc) is 1.89. The van der Waals surface area contributed by atoms with E-state index in [1.54, 1.807) is 19.9 Å². The van der Waals surface area contributed by atoms with Crippen LogP contribution in [0.3, 0.4) is 0 Å². The Kier molecular flexibility index (Phi) is 3.41. The third-order valence-corrected chi connectivity index (χ3v) is 1.91. The second-order valence-corrected chi connectivity index (χ2v) is 2.66. The van der Waals surface area contributed by atoms with E-state index >= 15 is 0 Å². The third-order valence-electron chi connectivity index (χ3n) is 1.39. The van der Waals surface area contributed by atoms with Crippen molar-refractivity contribution in [1.82, 2.24) is 0 Å². The topological polar surface area (TPSA) is 44.0 Å². The fraction of sp³-hybridized carbons (Fsp3) is 0.571. The number of hydrogen-bond donors (Lipinski definition) is 1. The molecule has 10 heavy (non-hydrogen) atoms. The zero-order valence-electron chi connectivity index (χ0n) is 6.06. The van der Waals surface area contributed by atoms with Gasteiger partial charge in [0, 0.05) is 6.08 Å². The second-order valence-electron chi connectivity index (χ2n) is 2.25. The molecular weight excluding hydrogens is 150 g/mol. The van der Waals surface area contributed by atoms with Gasteiger partial charge in [-0.1, -0.05) is 18.5 Å². The highest BCUT2D eigenvalue weighted by Crippen LogP contribution is 2.22. The van der Waals surface area contributed by atoms with Crippen molar-refractivity contribution in [2.75, 3.05) is 0 Å². The van der Waals surface area contributed by atoms with Crippen LogP contribution in [0, 0.1) is 11.3 Å². The van der Waals surface area contributed by atoms with Crippen molar-refractivity contribution >= 4 is 11.6 Å². The fourth-order valence-electron chi connectivity index (χ4n) is 0.381. The molecule has 0 bridgehead atoms. The molecule has 0 rings (SSSR count). The maximum atomic E-state index is 9.37. The number of allylic oxidation sites excluding steroid dienone is 1. The smallest absolute Gasteiger partial charge is 0.0978 e. The molecule has 0 saturated heterocycles. The van der Waals surface area contributed by atoms with Crippen LogP contribution in [-0.2, 0) is 0 Å². The van der Waals surface area contributed by atoms with Crippen LogP contribution in [0.15, 0.2) is 11.1 Å². The quantitative estimate of drug-likeness (QED) is 0.625. The van der Waals surface area contributed by atoms with Crippen molar-refractivity contribution in [3.05, 3.63) is 11.1 Å². The minimum atomic E-state index is -1.04. The highest BCUT2D eigenvalue weighted by Gasteiger charge is 2.21. The lowest BCUT2D eigenvalue weighted by molar-refractivity contribution is 0.103. The predicted molar refractivity (Wildman–Crippen MR) is 40.5 cm³/mol. The first-order chi connectivity index (χ1) is 4.54. The molecule has 0 aliphatic heterocycles. The summed E-state index contributed by atoms with van der Waals surface area (Å²) in [6, 6.07) is 1.75. The Balaban J connectivity index is 4.35. The maximum absolute atomic E-state index is 9.37. The fourth-order valence-corrected chi connectivity index (χ4v) is 0.563. The molecule has 0 aliphatic rings. The molecule has 0 radical (unpaired) electrons. The summed E-state index contributed by atoms with van der Waals surface area (Å²) in [5.74, 6) is 0. The lowest BCUT2D eigenvalue weighted by Gasteiger charge is -2.18. The molecule has 2 nitrogen and oxygen atoms in total. The normalized spacial score (nSPS) is 17.7. The lowest BCUT2D eigenvalue weighted by Crippen LogP contribution is -2.22. The molecule has 1 atom stereocenters. The summed E-state index contributed by atoms with van der Waals surface area (Å²) in [6.45, 7) is 3.37. The molecule has 56 valence electrons. The highest BCUT2D eigenvalue weighted by molar-refractivity contribution is 6.30.